The van der Waals surface area contributed by atoms with Crippen LogP contribution < -0.4 is 4.74 Å². The van der Waals surface area contributed by atoms with E-state index in [0.717, 1.165) is 4.47 Å². The Kier molecular flexibility index (Phi) is 3.68. The zero-order chi connectivity index (χ0) is 13.3. The number of hydrogen-bond donors (Lipinski definition) is 0. The summed E-state index contributed by atoms with van der Waals surface area (Å²) in [5.74, 6) is 0.643. The Morgan fingerprint density at radius 3 is 2.72 bits per heavy atom. The molecule has 0 atom stereocenters. The summed E-state index contributed by atoms with van der Waals surface area (Å²) in [5.41, 5.74) is 0.789. The van der Waals surface area contributed by atoms with E-state index in [2.05, 4.69) is 25.8 Å². The Balaban J connectivity index is 2.71. The van der Waals surface area contributed by atoms with Crippen LogP contribution >= 0.6 is 27.5 Å². The van der Waals surface area contributed by atoms with E-state index in [9.17, 15) is 4.91 Å². The Bertz CT molecular complexity index is 633. The van der Waals surface area contributed by atoms with Crippen LogP contribution in [0.4, 0.5) is 5.69 Å². The summed E-state index contributed by atoms with van der Waals surface area (Å²) in [5, 5.41) is 0.917. The third kappa shape index (κ3) is 2.13. The average molecular weight is 333 g/mol. The fourth-order valence-electron chi connectivity index (χ4n) is 1.53. The van der Waals surface area contributed by atoms with Crippen LogP contribution in [0.5, 0.6) is 5.75 Å². The normalized spacial score (nSPS) is 10.4. The van der Waals surface area contributed by atoms with Crippen molar-refractivity contribution in [1.29, 1.82) is 0 Å². The predicted molar refractivity (Wildman–Crippen MR) is 71.3 cm³/mol. The fourth-order valence-corrected chi connectivity index (χ4v) is 2.31. The fraction of sp³-hybridized carbons (Fsp3) is 0.182. The number of fused-ring (bicyclic) bond motifs is 1. The molecule has 5 nitrogen and oxygen atoms in total. The Hall–Kier alpha value is -1.40. The molecule has 0 bridgehead atoms. The first kappa shape index (κ1) is 13.0. The molecule has 0 N–H and O–H groups in total. The van der Waals surface area contributed by atoms with Crippen molar-refractivity contribution in [2.24, 2.45) is 0 Å². The molecule has 0 amide bonds. The molecule has 0 aliphatic heterocycles. The molecule has 0 unspecified atom stereocenters. The Labute approximate surface area is 116 Å². The minimum absolute atomic E-state index is 0.156. The monoisotopic (exact) mass is 331 g/mol. The first-order chi connectivity index (χ1) is 8.58. The molecule has 94 valence electrons. The highest BCUT2D eigenvalue weighted by atomic mass is 79.9. The van der Waals surface area contributed by atoms with Gasteiger partial charge in [-0.1, -0.05) is 11.6 Å². The van der Waals surface area contributed by atoms with Crippen molar-refractivity contribution in [2.75, 3.05) is 14.2 Å². The molecule has 0 fully saturated rings. The maximum Gasteiger partial charge on any atom is 0.353 e. The number of halogens is 2. The summed E-state index contributed by atoms with van der Waals surface area (Å²) >= 11 is 9.52. The molecule has 0 saturated heterocycles. The van der Waals surface area contributed by atoms with E-state index in [0.29, 0.717) is 21.6 Å². The van der Waals surface area contributed by atoms with Gasteiger partial charge in [0.25, 0.3) is 4.92 Å². The molecular weight excluding hydrogens is 323 g/mol. The molecule has 18 heavy (non-hydrogen) atoms. The molecule has 2 rings (SSSR count). The third-order valence-electron chi connectivity index (χ3n) is 2.42. The van der Waals surface area contributed by atoms with Crippen LogP contribution in [-0.2, 0) is 4.84 Å². The van der Waals surface area contributed by atoms with Crippen molar-refractivity contribution >= 4 is 44.1 Å². The lowest BCUT2D eigenvalue weighted by molar-refractivity contribution is -0.736. The quantitative estimate of drug-likeness (QED) is 0.805. The topological polar surface area (TPSA) is 51.4 Å². The van der Waals surface area contributed by atoms with Gasteiger partial charge >= 0.3 is 5.69 Å². The maximum absolute atomic E-state index is 11.4. The van der Waals surface area contributed by atoms with Crippen molar-refractivity contribution < 1.29 is 14.5 Å². The number of hydrogen-bond acceptors (Lipinski definition) is 4. The van der Waals surface area contributed by atoms with Crippen molar-refractivity contribution in [3.05, 3.63) is 32.7 Å². The molecule has 0 aliphatic rings. The number of rotatable bonds is 3. The van der Waals surface area contributed by atoms with Gasteiger partial charge in [-0.2, -0.15) is 0 Å². The lowest BCUT2D eigenvalue weighted by Crippen LogP contribution is -2.00. The van der Waals surface area contributed by atoms with Crippen LogP contribution in [0.25, 0.3) is 10.9 Å². The summed E-state index contributed by atoms with van der Waals surface area (Å²) in [6.45, 7) is 0. The number of benzene rings is 1. The first-order valence-corrected chi connectivity index (χ1v) is 6.08. The number of nitrogens with zero attached hydrogens (tertiary/aromatic N) is 2. The summed E-state index contributed by atoms with van der Waals surface area (Å²) < 4.78 is 5.89. The Morgan fingerprint density at radius 1 is 1.39 bits per heavy atom. The van der Waals surface area contributed by atoms with Crippen LogP contribution in [0.2, 0.25) is 5.02 Å². The van der Waals surface area contributed by atoms with Crippen LogP contribution in [-0.4, -0.2) is 24.1 Å². The lowest BCUT2D eigenvalue weighted by atomic mass is 10.2. The van der Waals surface area contributed by atoms with E-state index < -0.39 is 0 Å². The maximum atomic E-state index is 11.4. The van der Waals surface area contributed by atoms with Crippen LogP contribution in [0, 0.1) is 4.91 Å². The third-order valence-corrected chi connectivity index (χ3v) is 3.44. The van der Waals surface area contributed by atoms with Gasteiger partial charge in [-0.3, -0.25) is 0 Å². The van der Waals surface area contributed by atoms with Gasteiger partial charge in [0, 0.05) is 11.5 Å². The lowest BCUT2D eigenvalue weighted by Gasteiger charge is -2.05. The second-order valence-electron chi connectivity index (χ2n) is 3.40. The molecular formula is C11H9BrClN2O3+. The number of methoxy groups -OCH3 is 1. The zero-order valence-electron chi connectivity index (χ0n) is 9.61. The summed E-state index contributed by atoms with van der Waals surface area (Å²) in [7, 11) is 2.82. The van der Waals surface area contributed by atoms with Gasteiger partial charge in [0.1, 0.15) is 17.0 Å². The highest BCUT2D eigenvalue weighted by molar-refractivity contribution is 9.10. The standard InChI is InChI=1S/C11H9BrClN2O3/c1-17-10-4-8-6(3-7(10)12)11(13)9(5-14-8)15(16)18-2/h3-5H,1-2H3/q+1. The number of ether oxygens (including phenoxy) is 1. The molecule has 0 saturated carbocycles. The van der Waals surface area contributed by atoms with Gasteiger partial charge < -0.3 is 4.74 Å². The molecule has 0 spiro atoms. The van der Waals surface area contributed by atoms with E-state index >= 15 is 0 Å². The first-order valence-electron chi connectivity index (χ1n) is 4.91. The largest absolute Gasteiger partial charge is 0.495 e. The van der Waals surface area contributed by atoms with Crippen LogP contribution in [0.15, 0.2) is 22.8 Å². The molecule has 0 radical (unpaired) electrons. The van der Waals surface area contributed by atoms with Gasteiger partial charge in [0.2, 0.25) is 0 Å². The van der Waals surface area contributed by atoms with Crippen LogP contribution in [0.3, 0.4) is 0 Å². The van der Waals surface area contributed by atoms with Gasteiger partial charge in [-0.15, -0.1) is 0 Å². The Morgan fingerprint density at radius 2 is 2.11 bits per heavy atom. The van der Waals surface area contributed by atoms with E-state index in [1.165, 1.54) is 13.3 Å². The smallest absolute Gasteiger partial charge is 0.353 e. The molecule has 0 aliphatic carbocycles. The van der Waals surface area contributed by atoms with E-state index in [1.807, 2.05) is 0 Å². The molecule has 2 aromatic rings. The van der Waals surface area contributed by atoms with Gasteiger partial charge in [-0.25, -0.2) is 9.82 Å². The zero-order valence-corrected chi connectivity index (χ0v) is 11.9. The van der Waals surface area contributed by atoms with E-state index in [-0.39, 0.29) is 10.7 Å². The molecule has 7 heteroatoms. The van der Waals surface area contributed by atoms with Crippen LogP contribution in [0.1, 0.15) is 0 Å². The van der Waals surface area contributed by atoms with Gasteiger partial charge in [-0.05, 0) is 22.0 Å². The average Bonchev–Trinajstić information content (AvgIpc) is 2.38. The second kappa shape index (κ2) is 5.07. The van der Waals surface area contributed by atoms with Crippen molar-refractivity contribution in [3.8, 4) is 5.75 Å². The summed E-state index contributed by atoms with van der Waals surface area (Å²) in [4.78, 5) is 20.4. The van der Waals surface area contributed by atoms with Crippen molar-refractivity contribution in [1.82, 2.24) is 4.98 Å². The van der Waals surface area contributed by atoms with Crippen molar-refractivity contribution in [3.63, 3.8) is 0 Å². The van der Waals surface area contributed by atoms with E-state index in [1.54, 1.807) is 19.2 Å². The molecule has 1 aromatic heterocycles. The number of aromatic nitrogens is 1. The molecule has 1 aromatic carbocycles. The molecule has 1 heterocycles. The number of pyridine rings is 1. The van der Waals surface area contributed by atoms with Gasteiger partial charge in [0.15, 0.2) is 7.11 Å². The minimum Gasteiger partial charge on any atom is -0.495 e. The SMILES string of the molecule is COc1cc2ncc([N+](=O)OC)c(Cl)c2cc1Br. The summed E-state index contributed by atoms with van der Waals surface area (Å²) in [6.07, 6.45) is 1.36. The van der Waals surface area contributed by atoms with Crippen molar-refractivity contribution in [2.45, 2.75) is 0 Å². The highest BCUT2D eigenvalue weighted by Gasteiger charge is 2.23. The summed E-state index contributed by atoms with van der Waals surface area (Å²) in [6, 6.07) is 3.48. The highest BCUT2D eigenvalue weighted by Crippen LogP contribution is 2.36. The predicted octanol–water partition coefficient (Wildman–Crippen LogP) is 3.63. The van der Waals surface area contributed by atoms with Gasteiger partial charge in [0.05, 0.1) is 22.0 Å². The van der Waals surface area contributed by atoms with E-state index in [4.69, 9.17) is 16.3 Å². The minimum atomic E-state index is 0.156. The second-order valence-corrected chi connectivity index (χ2v) is 4.63.